The van der Waals surface area contributed by atoms with Crippen molar-refractivity contribution in [2.24, 2.45) is 0 Å². The Hall–Kier alpha value is -0.383. The summed E-state index contributed by atoms with van der Waals surface area (Å²) in [5.41, 5.74) is 0. The molecule has 0 aliphatic heterocycles. The first-order valence-electron chi connectivity index (χ1n) is 1.84. The molecule has 0 aromatic heterocycles. The SMILES string of the molecule is O=C([O-])[O-].O=C([O-])[O-].O=C([O-])[O-].[Ce+3].[PH6+3]. The zero-order valence-electron chi connectivity index (χ0n) is 5.67. The van der Waals surface area contributed by atoms with E-state index in [1.165, 1.54) is 0 Å². The van der Waals surface area contributed by atoms with E-state index >= 15 is 0 Å². The van der Waals surface area contributed by atoms with Crippen molar-refractivity contribution < 1.29 is 86.8 Å². The molecule has 0 amide bonds. The van der Waals surface area contributed by atoms with E-state index in [0.717, 1.165) is 0 Å². The van der Waals surface area contributed by atoms with E-state index in [1.54, 1.807) is 0 Å². The Labute approximate surface area is 114 Å². The van der Waals surface area contributed by atoms with Crippen molar-refractivity contribution in [3.8, 4) is 0 Å². The summed E-state index contributed by atoms with van der Waals surface area (Å²) in [5.74, 6) is 0. The summed E-state index contributed by atoms with van der Waals surface area (Å²) in [4.78, 5) is 25.0. The molecule has 0 saturated carbocycles. The molecule has 0 saturated heterocycles. The second-order valence-corrected chi connectivity index (χ2v) is 0.750. The zero-order chi connectivity index (χ0) is 10.7. The fraction of sp³-hybridized carbons (Fsp3) is 0. The number of hydrogen-bond acceptors (Lipinski definition) is 9. The molecular weight excluding hydrogens is 351 g/mol. The standard InChI is InChI=1S/3CH2O3.Ce.H6P/c3*2-1(3)4;;/h3*(H2,2,3,4);;1H6/q;;;2*+3/p-6. The number of carboxylic acid groups (broad SMARTS) is 6. The largest absolute Gasteiger partial charge is 3.00 e. The van der Waals surface area contributed by atoms with Gasteiger partial charge in [-0.1, -0.05) is 0 Å². The molecule has 0 unspecified atom stereocenters. The van der Waals surface area contributed by atoms with Gasteiger partial charge in [0.05, 0.1) is 0 Å². The average molecular weight is 357 g/mol. The Kier molecular flexibility index (Phi) is 47.8. The third-order valence-electron chi connectivity index (χ3n) is 0. The van der Waals surface area contributed by atoms with Gasteiger partial charge in [-0.2, -0.15) is 0 Å². The Morgan fingerprint density at radius 2 is 0.571 bits per heavy atom. The first-order valence-corrected chi connectivity index (χ1v) is 1.84. The first-order chi connectivity index (χ1) is 5.20. The van der Waals surface area contributed by atoms with E-state index in [0.29, 0.717) is 0 Å². The minimum Gasteiger partial charge on any atom is -0.652 e. The summed E-state index contributed by atoms with van der Waals surface area (Å²) >= 11 is 0. The molecule has 9 nitrogen and oxygen atoms in total. The van der Waals surface area contributed by atoms with Crippen LogP contribution in [0.2, 0.25) is 0 Å². The second kappa shape index (κ2) is 22.9. The Bertz CT molecular complexity index is 118. The van der Waals surface area contributed by atoms with Crippen molar-refractivity contribution in [2.45, 2.75) is 0 Å². The molecule has 0 aromatic rings. The first kappa shape index (κ1) is 29.2. The quantitative estimate of drug-likeness (QED) is 0.379. The third kappa shape index (κ3) is 8910. The van der Waals surface area contributed by atoms with Crippen molar-refractivity contribution in [1.29, 1.82) is 0 Å². The molecule has 0 atom stereocenters. The van der Waals surface area contributed by atoms with Crippen molar-refractivity contribution in [3.05, 3.63) is 0 Å². The smallest absolute Gasteiger partial charge is 0.652 e. The summed E-state index contributed by atoms with van der Waals surface area (Å²) < 4.78 is 0. The van der Waals surface area contributed by atoms with Crippen LogP contribution in [0, 0.1) is 41.7 Å². The minimum atomic E-state index is -2.33. The van der Waals surface area contributed by atoms with Crippen LogP contribution in [0.5, 0.6) is 0 Å². The van der Waals surface area contributed by atoms with E-state index in [1.807, 2.05) is 0 Å². The van der Waals surface area contributed by atoms with Crippen LogP contribution in [0.25, 0.3) is 0 Å². The average Bonchev–Trinajstić information content (AvgIpc) is 1.54. The maximum atomic E-state index is 8.33. The molecule has 0 aliphatic carbocycles. The van der Waals surface area contributed by atoms with Crippen LogP contribution < -0.4 is 30.6 Å². The monoisotopic (exact) mass is 357 g/mol. The van der Waals surface area contributed by atoms with Crippen LogP contribution in [0.15, 0.2) is 0 Å². The number of carbonyl (C=O) groups excluding carboxylic acids is 3. The van der Waals surface area contributed by atoms with Crippen LogP contribution in [-0.4, -0.2) is 18.5 Å². The molecule has 0 rings (SSSR count). The topological polar surface area (TPSA) is 190 Å². The summed E-state index contributed by atoms with van der Waals surface area (Å²) in [5, 5.41) is 50.0. The maximum Gasteiger partial charge on any atom is 3.00 e. The number of hydrogen-bond donors (Lipinski definition) is 0. The summed E-state index contributed by atoms with van der Waals surface area (Å²) in [6.07, 6.45) is -7.00. The third-order valence-corrected chi connectivity index (χ3v) is 0. The van der Waals surface area contributed by atoms with Crippen molar-refractivity contribution in [1.82, 2.24) is 0 Å². The fourth-order valence-electron chi connectivity index (χ4n) is 0. The predicted molar refractivity (Wildman–Crippen MR) is 31.5 cm³/mol. The second-order valence-electron chi connectivity index (χ2n) is 0.750. The Morgan fingerprint density at radius 3 is 0.571 bits per heavy atom. The molecule has 14 heavy (non-hydrogen) atoms. The van der Waals surface area contributed by atoms with Crippen LogP contribution >= 0.6 is 9.90 Å². The van der Waals surface area contributed by atoms with Gasteiger partial charge in [0.2, 0.25) is 0 Å². The van der Waals surface area contributed by atoms with Crippen molar-refractivity contribution in [3.63, 3.8) is 0 Å². The Morgan fingerprint density at radius 1 is 0.571 bits per heavy atom. The fourth-order valence-corrected chi connectivity index (χ4v) is 0. The molecule has 0 fully saturated rings. The predicted octanol–water partition coefficient (Wildman–Crippen LogP) is -8.09. The van der Waals surface area contributed by atoms with Crippen LogP contribution in [-0.2, 0) is 0 Å². The van der Waals surface area contributed by atoms with Crippen molar-refractivity contribution >= 4 is 28.4 Å². The summed E-state index contributed by atoms with van der Waals surface area (Å²) in [6.45, 7) is 0. The van der Waals surface area contributed by atoms with Gasteiger partial charge in [-0.15, -0.1) is 0 Å². The Balaban J connectivity index is -0.0000000270. The van der Waals surface area contributed by atoms with E-state index < -0.39 is 18.5 Å². The normalized spacial score (nSPS) is 5.14. The van der Waals surface area contributed by atoms with Crippen LogP contribution in [0.1, 0.15) is 0 Å². The van der Waals surface area contributed by atoms with Gasteiger partial charge in [0.25, 0.3) is 0 Å². The van der Waals surface area contributed by atoms with Gasteiger partial charge >= 0.3 is 41.7 Å². The zero-order valence-corrected chi connectivity index (χ0v) is 8.81. The molecule has 11 heteroatoms. The molecule has 81 valence electrons. The van der Waals surface area contributed by atoms with Crippen LogP contribution in [0.3, 0.4) is 0 Å². The van der Waals surface area contributed by atoms with Crippen LogP contribution in [0.4, 0.5) is 14.4 Å². The molecule has 1 radical (unpaired) electrons. The number of rotatable bonds is 0. The summed E-state index contributed by atoms with van der Waals surface area (Å²) in [7, 11) is 0. The molecule has 0 heterocycles. The van der Waals surface area contributed by atoms with Gasteiger partial charge in [0.1, 0.15) is 0 Å². The number of carbonyl (C=O) groups is 3. The van der Waals surface area contributed by atoms with Gasteiger partial charge in [-0.05, 0) is 18.5 Å². The molecular formula is C3H6CeO9P. The molecule has 0 spiro atoms. The molecule has 0 N–H and O–H groups in total. The minimum absolute atomic E-state index is 0. The summed E-state index contributed by atoms with van der Waals surface area (Å²) in [6, 6.07) is 0. The van der Waals surface area contributed by atoms with E-state index in [2.05, 4.69) is 0 Å². The maximum absolute atomic E-state index is 8.33. The van der Waals surface area contributed by atoms with Gasteiger partial charge in [0, 0.05) is 0 Å². The van der Waals surface area contributed by atoms with Gasteiger partial charge < -0.3 is 45.0 Å². The van der Waals surface area contributed by atoms with E-state index in [4.69, 9.17) is 45.0 Å². The van der Waals surface area contributed by atoms with Gasteiger partial charge in [0.15, 0.2) is 0 Å². The van der Waals surface area contributed by atoms with E-state index in [-0.39, 0.29) is 51.6 Å². The molecule has 0 aromatic carbocycles. The van der Waals surface area contributed by atoms with E-state index in [9.17, 15) is 0 Å². The van der Waals surface area contributed by atoms with Crippen molar-refractivity contribution in [2.75, 3.05) is 0 Å². The molecule has 0 aliphatic rings. The molecule has 0 bridgehead atoms. The van der Waals surface area contributed by atoms with Gasteiger partial charge in [-0.3, -0.25) is 9.90 Å². The van der Waals surface area contributed by atoms with Gasteiger partial charge in [-0.25, -0.2) is 0 Å².